The molecule has 0 heterocycles. The molecule has 110 valence electrons. The van der Waals surface area contributed by atoms with Gasteiger partial charge in [-0.3, -0.25) is 10.1 Å². The summed E-state index contributed by atoms with van der Waals surface area (Å²) < 4.78 is 0. The number of rotatable bonds is 5. The second-order valence-electron chi connectivity index (χ2n) is 6.16. The van der Waals surface area contributed by atoms with E-state index in [2.05, 4.69) is 19.2 Å². The van der Waals surface area contributed by atoms with Gasteiger partial charge in [-0.15, -0.1) is 0 Å². The smallest absolute Gasteiger partial charge is 0.269 e. The first kappa shape index (κ1) is 15.0. The zero-order chi connectivity index (χ0) is 14.5. The monoisotopic (exact) mass is 276 g/mol. The maximum Gasteiger partial charge on any atom is 0.269 e. The average Bonchev–Trinajstić information content (AvgIpc) is 2.46. The van der Waals surface area contributed by atoms with E-state index in [1.54, 1.807) is 12.1 Å². The van der Waals surface area contributed by atoms with Crippen LogP contribution in [-0.2, 0) is 6.54 Å². The lowest BCUT2D eigenvalue weighted by Crippen LogP contribution is -2.33. The quantitative estimate of drug-likeness (QED) is 0.655. The van der Waals surface area contributed by atoms with Crippen molar-refractivity contribution in [3.63, 3.8) is 0 Å². The van der Waals surface area contributed by atoms with Crippen molar-refractivity contribution in [3.05, 3.63) is 39.9 Å². The summed E-state index contributed by atoms with van der Waals surface area (Å²) >= 11 is 0. The van der Waals surface area contributed by atoms with Gasteiger partial charge in [0.1, 0.15) is 0 Å². The fourth-order valence-corrected chi connectivity index (χ4v) is 2.99. The summed E-state index contributed by atoms with van der Waals surface area (Å²) in [6.45, 7) is 5.43. The second-order valence-corrected chi connectivity index (χ2v) is 6.16. The van der Waals surface area contributed by atoms with Crippen LogP contribution < -0.4 is 5.32 Å². The SMILES string of the molecule is CC(C)C1CCC(NCc2ccc([N+](=O)[O-])cc2)CC1. The van der Waals surface area contributed by atoms with Crippen molar-refractivity contribution in [2.75, 3.05) is 0 Å². The van der Waals surface area contributed by atoms with Gasteiger partial charge in [0.05, 0.1) is 4.92 Å². The molecule has 0 spiro atoms. The van der Waals surface area contributed by atoms with E-state index in [4.69, 9.17) is 0 Å². The molecular formula is C16H24N2O2. The summed E-state index contributed by atoms with van der Waals surface area (Å²) in [6, 6.07) is 7.43. The van der Waals surface area contributed by atoms with Crippen LogP contribution in [-0.4, -0.2) is 11.0 Å². The van der Waals surface area contributed by atoms with Gasteiger partial charge < -0.3 is 5.32 Å². The molecule has 1 aromatic rings. The molecule has 1 aliphatic rings. The molecule has 20 heavy (non-hydrogen) atoms. The molecule has 0 aromatic heterocycles. The predicted molar refractivity (Wildman–Crippen MR) is 80.5 cm³/mol. The molecule has 1 N–H and O–H groups in total. The molecule has 0 saturated heterocycles. The Labute approximate surface area is 120 Å². The number of benzene rings is 1. The van der Waals surface area contributed by atoms with Crippen LogP contribution in [0.2, 0.25) is 0 Å². The Kier molecular flexibility index (Phi) is 5.12. The van der Waals surface area contributed by atoms with Crippen LogP contribution in [0.15, 0.2) is 24.3 Å². The van der Waals surface area contributed by atoms with Crippen LogP contribution in [0.5, 0.6) is 0 Å². The van der Waals surface area contributed by atoms with Crippen molar-refractivity contribution in [1.29, 1.82) is 0 Å². The summed E-state index contributed by atoms with van der Waals surface area (Å²) in [4.78, 5) is 10.2. The lowest BCUT2D eigenvalue weighted by atomic mass is 9.80. The minimum Gasteiger partial charge on any atom is -0.310 e. The van der Waals surface area contributed by atoms with Gasteiger partial charge in [0.15, 0.2) is 0 Å². The Balaban J connectivity index is 1.77. The number of hydrogen-bond acceptors (Lipinski definition) is 3. The van der Waals surface area contributed by atoms with Crippen LogP contribution in [0.3, 0.4) is 0 Å². The van der Waals surface area contributed by atoms with E-state index in [0.717, 1.165) is 23.9 Å². The van der Waals surface area contributed by atoms with E-state index in [0.29, 0.717) is 6.04 Å². The van der Waals surface area contributed by atoms with E-state index in [1.807, 2.05) is 12.1 Å². The Hall–Kier alpha value is -1.42. The van der Waals surface area contributed by atoms with Crippen LogP contribution in [0.1, 0.15) is 45.1 Å². The molecule has 1 fully saturated rings. The maximum atomic E-state index is 10.6. The van der Waals surface area contributed by atoms with E-state index in [9.17, 15) is 10.1 Å². The third-order valence-electron chi connectivity index (χ3n) is 4.46. The van der Waals surface area contributed by atoms with Gasteiger partial charge in [0.25, 0.3) is 5.69 Å². The van der Waals surface area contributed by atoms with Crippen molar-refractivity contribution in [3.8, 4) is 0 Å². The molecule has 0 atom stereocenters. The Morgan fingerprint density at radius 3 is 2.30 bits per heavy atom. The molecule has 4 heteroatoms. The molecule has 4 nitrogen and oxygen atoms in total. The molecule has 0 unspecified atom stereocenters. The van der Waals surface area contributed by atoms with Crippen molar-refractivity contribution >= 4 is 5.69 Å². The highest BCUT2D eigenvalue weighted by Crippen LogP contribution is 2.29. The average molecular weight is 276 g/mol. The lowest BCUT2D eigenvalue weighted by Gasteiger charge is -2.31. The van der Waals surface area contributed by atoms with Gasteiger partial charge in [0.2, 0.25) is 0 Å². The molecule has 0 aliphatic heterocycles. The highest BCUT2D eigenvalue weighted by atomic mass is 16.6. The molecule has 1 aromatic carbocycles. The van der Waals surface area contributed by atoms with Crippen molar-refractivity contribution in [2.24, 2.45) is 11.8 Å². The molecule has 0 radical (unpaired) electrons. The van der Waals surface area contributed by atoms with Crippen LogP contribution in [0.25, 0.3) is 0 Å². The van der Waals surface area contributed by atoms with Gasteiger partial charge in [-0.25, -0.2) is 0 Å². The topological polar surface area (TPSA) is 55.2 Å². The first-order chi connectivity index (χ1) is 9.56. The van der Waals surface area contributed by atoms with E-state index < -0.39 is 0 Å². The largest absolute Gasteiger partial charge is 0.310 e. The second kappa shape index (κ2) is 6.84. The molecular weight excluding hydrogens is 252 g/mol. The highest BCUT2D eigenvalue weighted by molar-refractivity contribution is 5.32. The number of nitro benzene ring substituents is 1. The Bertz CT molecular complexity index is 434. The molecule has 0 amide bonds. The van der Waals surface area contributed by atoms with Crippen LogP contribution in [0.4, 0.5) is 5.69 Å². The molecule has 1 aliphatic carbocycles. The van der Waals surface area contributed by atoms with Gasteiger partial charge in [0, 0.05) is 24.7 Å². The van der Waals surface area contributed by atoms with Crippen LogP contribution in [0, 0.1) is 22.0 Å². The zero-order valence-electron chi connectivity index (χ0n) is 12.3. The number of nitro groups is 1. The van der Waals surface area contributed by atoms with Crippen molar-refractivity contribution < 1.29 is 4.92 Å². The summed E-state index contributed by atoms with van der Waals surface area (Å²) in [5.41, 5.74) is 1.27. The third kappa shape index (κ3) is 4.04. The van der Waals surface area contributed by atoms with Crippen LogP contribution >= 0.6 is 0 Å². The van der Waals surface area contributed by atoms with E-state index in [1.165, 1.54) is 25.7 Å². The third-order valence-corrected chi connectivity index (χ3v) is 4.46. The van der Waals surface area contributed by atoms with E-state index >= 15 is 0 Å². The predicted octanol–water partition coefficient (Wildman–Crippen LogP) is 3.90. The highest BCUT2D eigenvalue weighted by Gasteiger charge is 2.22. The molecule has 0 bridgehead atoms. The molecule has 1 saturated carbocycles. The number of nitrogens with one attached hydrogen (secondary N) is 1. The lowest BCUT2D eigenvalue weighted by molar-refractivity contribution is -0.384. The first-order valence-corrected chi connectivity index (χ1v) is 7.53. The number of non-ortho nitro benzene ring substituents is 1. The minimum atomic E-state index is -0.357. The fraction of sp³-hybridized carbons (Fsp3) is 0.625. The summed E-state index contributed by atoms with van der Waals surface area (Å²) in [7, 11) is 0. The van der Waals surface area contributed by atoms with Gasteiger partial charge in [-0.1, -0.05) is 26.0 Å². The Morgan fingerprint density at radius 2 is 1.80 bits per heavy atom. The normalized spacial score (nSPS) is 22.9. The van der Waals surface area contributed by atoms with E-state index in [-0.39, 0.29) is 10.6 Å². The standard InChI is InChI=1S/C16H24N2O2/c1-12(2)14-5-7-15(8-6-14)17-11-13-3-9-16(10-4-13)18(19)20/h3-4,9-10,12,14-15,17H,5-8,11H2,1-2H3. The summed E-state index contributed by atoms with van der Waals surface area (Å²) in [6.07, 6.45) is 5.12. The van der Waals surface area contributed by atoms with Gasteiger partial charge in [-0.2, -0.15) is 0 Å². The molecule has 2 rings (SSSR count). The number of hydrogen-bond donors (Lipinski definition) is 1. The Morgan fingerprint density at radius 1 is 1.20 bits per heavy atom. The zero-order valence-corrected chi connectivity index (χ0v) is 12.3. The summed E-state index contributed by atoms with van der Waals surface area (Å²) in [5, 5.41) is 14.2. The first-order valence-electron chi connectivity index (χ1n) is 7.53. The van der Waals surface area contributed by atoms with Crippen molar-refractivity contribution in [2.45, 2.75) is 52.1 Å². The van der Waals surface area contributed by atoms with Gasteiger partial charge >= 0.3 is 0 Å². The van der Waals surface area contributed by atoms with Crippen molar-refractivity contribution in [1.82, 2.24) is 5.32 Å². The summed E-state index contributed by atoms with van der Waals surface area (Å²) in [5.74, 6) is 1.68. The number of nitrogens with zero attached hydrogens (tertiary/aromatic N) is 1. The minimum absolute atomic E-state index is 0.159. The van der Waals surface area contributed by atoms with Gasteiger partial charge in [-0.05, 0) is 43.1 Å². The maximum absolute atomic E-state index is 10.6. The fourth-order valence-electron chi connectivity index (χ4n) is 2.99.